The molecule has 0 atom stereocenters. The number of rotatable bonds is 3. The summed E-state index contributed by atoms with van der Waals surface area (Å²) in [5.74, 6) is 0. The normalized spacial score (nSPS) is 11.3. The predicted octanol–water partition coefficient (Wildman–Crippen LogP) is 6.97. The van der Waals surface area contributed by atoms with E-state index in [1.54, 1.807) is 17.5 Å². The lowest BCUT2D eigenvalue weighted by atomic mass is 10.1. The molecule has 6 aromatic rings. The van der Waals surface area contributed by atoms with Crippen molar-refractivity contribution in [3.63, 3.8) is 0 Å². The van der Waals surface area contributed by atoms with E-state index in [4.69, 9.17) is 4.98 Å². The third-order valence-corrected chi connectivity index (χ3v) is 6.32. The average molecular weight is 404 g/mol. The lowest BCUT2D eigenvalue weighted by molar-refractivity contribution is 1.16. The molecule has 0 fully saturated rings. The van der Waals surface area contributed by atoms with Crippen LogP contribution in [0.1, 0.15) is 0 Å². The predicted molar refractivity (Wildman–Crippen MR) is 125 cm³/mol. The Bertz CT molecular complexity index is 1480. The van der Waals surface area contributed by atoms with Crippen LogP contribution >= 0.6 is 11.3 Å². The van der Waals surface area contributed by atoms with Crippen LogP contribution in [0.5, 0.6) is 0 Å². The average Bonchev–Trinajstić information content (AvgIpc) is 3.46. The molecule has 0 saturated heterocycles. The lowest BCUT2D eigenvalue weighted by Crippen LogP contribution is -1.95. The van der Waals surface area contributed by atoms with Crippen LogP contribution < -0.4 is 0 Å². The molecule has 30 heavy (non-hydrogen) atoms. The van der Waals surface area contributed by atoms with Crippen LogP contribution in [0.2, 0.25) is 0 Å². The lowest BCUT2D eigenvalue weighted by Gasteiger charge is -2.09. The summed E-state index contributed by atoms with van der Waals surface area (Å²) in [6.45, 7) is 0. The van der Waals surface area contributed by atoms with Crippen molar-refractivity contribution in [3.8, 4) is 27.5 Å². The minimum atomic E-state index is 0.885. The van der Waals surface area contributed by atoms with Gasteiger partial charge in [0.2, 0.25) is 0 Å². The third kappa shape index (κ3) is 2.73. The molecule has 4 heteroatoms. The summed E-state index contributed by atoms with van der Waals surface area (Å²) in [6.07, 6.45) is 3.78. The fourth-order valence-electron chi connectivity index (χ4n) is 4.04. The Morgan fingerprint density at radius 1 is 0.667 bits per heavy atom. The Labute approximate surface area is 177 Å². The Morgan fingerprint density at radius 2 is 1.60 bits per heavy atom. The largest absolute Gasteiger partial charge is 0.308 e. The maximum absolute atomic E-state index is 4.75. The summed E-state index contributed by atoms with van der Waals surface area (Å²) >= 11 is 1.76. The van der Waals surface area contributed by atoms with E-state index in [9.17, 15) is 0 Å². The van der Waals surface area contributed by atoms with Gasteiger partial charge in [0.1, 0.15) is 0 Å². The molecule has 0 radical (unpaired) electrons. The molecule has 0 amide bonds. The van der Waals surface area contributed by atoms with E-state index >= 15 is 0 Å². The first-order chi connectivity index (χ1) is 14.9. The van der Waals surface area contributed by atoms with Gasteiger partial charge in [-0.2, -0.15) is 0 Å². The van der Waals surface area contributed by atoms with Crippen LogP contribution in [0.15, 0.2) is 103 Å². The first kappa shape index (κ1) is 17.1. The fourth-order valence-corrected chi connectivity index (χ4v) is 4.77. The SMILES string of the molecule is c1ccc(-c2cc3c4ccccc4n(-c4cccc(-c5cccs5)c4)c3cn2)nc1. The van der Waals surface area contributed by atoms with Gasteiger partial charge >= 0.3 is 0 Å². The Hall–Kier alpha value is -3.76. The number of thiophene rings is 1. The summed E-state index contributed by atoms with van der Waals surface area (Å²) in [4.78, 5) is 10.5. The standard InChI is InChI=1S/C26H17N3S/c1-2-11-24-20(9-1)21-16-23(22-10-3-4-13-27-22)28-17-25(21)29(24)19-8-5-7-18(15-19)26-12-6-14-30-26/h1-17H. The molecule has 3 nitrogen and oxygen atoms in total. The molecule has 0 N–H and O–H groups in total. The van der Waals surface area contributed by atoms with Crippen molar-refractivity contribution < 1.29 is 0 Å². The molecule has 0 aliphatic heterocycles. The second-order valence-electron chi connectivity index (χ2n) is 7.18. The van der Waals surface area contributed by atoms with E-state index in [1.165, 1.54) is 26.7 Å². The van der Waals surface area contributed by atoms with E-state index in [-0.39, 0.29) is 0 Å². The smallest absolute Gasteiger partial charge is 0.0893 e. The number of para-hydroxylation sites is 1. The van der Waals surface area contributed by atoms with Crippen molar-refractivity contribution in [2.75, 3.05) is 0 Å². The third-order valence-electron chi connectivity index (χ3n) is 5.40. The molecule has 4 heterocycles. The van der Waals surface area contributed by atoms with Crippen LogP contribution in [0.25, 0.3) is 49.3 Å². The minimum absolute atomic E-state index is 0.885. The molecule has 0 aliphatic rings. The van der Waals surface area contributed by atoms with Crippen LogP contribution in [0.4, 0.5) is 0 Å². The molecule has 142 valence electrons. The zero-order chi connectivity index (χ0) is 19.9. The molecular weight excluding hydrogens is 386 g/mol. The summed E-state index contributed by atoms with van der Waals surface area (Å²) in [6, 6.07) is 29.6. The van der Waals surface area contributed by atoms with Crippen molar-refractivity contribution in [3.05, 3.63) is 103 Å². The first-order valence-corrected chi connectivity index (χ1v) is 10.7. The zero-order valence-corrected chi connectivity index (χ0v) is 16.9. The Balaban J connectivity index is 1.62. The van der Waals surface area contributed by atoms with Crippen LogP contribution in [-0.2, 0) is 0 Å². The highest BCUT2D eigenvalue weighted by Crippen LogP contribution is 2.35. The van der Waals surface area contributed by atoms with Gasteiger partial charge < -0.3 is 4.57 Å². The highest BCUT2D eigenvalue weighted by atomic mass is 32.1. The van der Waals surface area contributed by atoms with Gasteiger partial charge in [-0.1, -0.05) is 42.5 Å². The quantitative estimate of drug-likeness (QED) is 0.319. The summed E-state index contributed by atoms with van der Waals surface area (Å²) in [5, 5.41) is 4.52. The van der Waals surface area contributed by atoms with Crippen LogP contribution in [0.3, 0.4) is 0 Å². The van der Waals surface area contributed by atoms with E-state index in [0.717, 1.165) is 22.6 Å². The fraction of sp³-hybridized carbons (Fsp3) is 0. The second kappa shape index (κ2) is 6.94. The number of benzene rings is 2. The van der Waals surface area contributed by atoms with Gasteiger partial charge in [0, 0.05) is 27.5 Å². The number of hydrogen-bond acceptors (Lipinski definition) is 3. The van der Waals surface area contributed by atoms with E-state index < -0.39 is 0 Å². The number of pyridine rings is 2. The van der Waals surface area contributed by atoms with Gasteiger partial charge in [0.15, 0.2) is 0 Å². The maximum Gasteiger partial charge on any atom is 0.0893 e. The van der Waals surface area contributed by atoms with Gasteiger partial charge in [-0.05, 0) is 53.4 Å². The van der Waals surface area contributed by atoms with Crippen molar-refractivity contribution in [1.82, 2.24) is 14.5 Å². The van der Waals surface area contributed by atoms with Crippen molar-refractivity contribution in [2.24, 2.45) is 0 Å². The van der Waals surface area contributed by atoms with Gasteiger partial charge in [-0.25, -0.2) is 0 Å². The van der Waals surface area contributed by atoms with Crippen molar-refractivity contribution in [1.29, 1.82) is 0 Å². The van der Waals surface area contributed by atoms with Crippen LogP contribution in [-0.4, -0.2) is 14.5 Å². The second-order valence-corrected chi connectivity index (χ2v) is 8.13. The molecule has 0 aliphatic carbocycles. The zero-order valence-electron chi connectivity index (χ0n) is 16.1. The Morgan fingerprint density at radius 3 is 2.47 bits per heavy atom. The highest BCUT2D eigenvalue weighted by Gasteiger charge is 2.14. The van der Waals surface area contributed by atoms with Gasteiger partial charge in [-0.3, -0.25) is 9.97 Å². The summed E-state index contributed by atoms with van der Waals surface area (Å²) in [7, 11) is 0. The monoisotopic (exact) mass is 403 g/mol. The topological polar surface area (TPSA) is 30.7 Å². The number of nitrogens with zero attached hydrogens (tertiary/aromatic N) is 3. The maximum atomic E-state index is 4.75. The first-order valence-electron chi connectivity index (χ1n) is 9.83. The molecule has 4 aromatic heterocycles. The van der Waals surface area contributed by atoms with Gasteiger partial charge in [0.05, 0.1) is 28.6 Å². The number of aromatic nitrogens is 3. The van der Waals surface area contributed by atoms with E-state index in [2.05, 4.69) is 81.7 Å². The highest BCUT2D eigenvalue weighted by molar-refractivity contribution is 7.13. The minimum Gasteiger partial charge on any atom is -0.308 e. The van der Waals surface area contributed by atoms with Crippen molar-refractivity contribution in [2.45, 2.75) is 0 Å². The molecular formula is C26H17N3S. The van der Waals surface area contributed by atoms with E-state index in [1.807, 2.05) is 24.4 Å². The Kier molecular flexibility index (Phi) is 3.96. The molecule has 2 aromatic carbocycles. The molecule has 0 unspecified atom stereocenters. The number of fused-ring (bicyclic) bond motifs is 3. The molecule has 6 rings (SSSR count). The van der Waals surface area contributed by atoms with Gasteiger partial charge in [0.25, 0.3) is 0 Å². The van der Waals surface area contributed by atoms with Gasteiger partial charge in [-0.15, -0.1) is 11.3 Å². The van der Waals surface area contributed by atoms with E-state index in [0.29, 0.717) is 0 Å². The van der Waals surface area contributed by atoms with Crippen molar-refractivity contribution >= 4 is 33.1 Å². The van der Waals surface area contributed by atoms with Crippen LogP contribution in [0, 0.1) is 0 Å². The molecule has 0 spiro atoms. The molecule has 0 bridgehead atoms. The summed E-state index contributed by atoms with van der Waals surface area (Å²) in [5.41, 5.74) is 6.41. The number of hydrogen-bond donors (Lipinski definition) is 0. The summed E-state index contributed by atoms with van der Waals surface area (Å²) < 4.78 is 2.30. The molecule has 0 saturated carbocycles.